The molecule has 0 fully saturated rings. The average Bonchev–Trinajstić information content (AvgIpc) is 2.28. The van der Waals surface area contributed by atoms with Gasteiger partial charge in [-0.15, -0.1) is 0 Å². The molecule has 0 bridgehead atoms. The van der Waals surface area contributed by atoms with E-state index >= 15 is 0 Å². The second-order valence-corrected chi connectivity index (χ2v) is 5.76. The van der Waals surface area contributed by atoms with E-state index in [1.165, 1.54) is 0 Å². The van der Waals surface area contributed by atoms with Gasteiger partial charge in [0.05, 0.1) is 0 Å². The summed E-state index contributed by atoms with van der Waals surface area (Å²) in [4.78, 5) is 14.2. The van der Waals surface area contributed by atoms with E-state index in [0.29, 0.717) is 19.5 Å². The van der Waals surface area contributed by atoms with Crippen LogP contribution in [0.5, 0.6) is 0 Å². The number of carbonyl (C=O) groups is 1. The Hall–Kier alpha value is -1.35. The molecule has 0 aromatic heterocycles. The van der Waals surface area contributed by atoms with Crippen LogP contribution < -0.4 is 10.6 Å². The highest BCUT2D eigenvalue weighted by Gasteiger charge is 2.21. The summed E-state index contributed by atoms with van der Waals surface area (Å²) in [5.41, 5.74) is 6.51. The molecule has 1 rings (SSSR count). The van der Waals surface area contributed by atoms with Gasteiger partial charge in [0.2, 0.25) is 5.91 Å². The van der Waals surface area contributed by atoms with Crippen LogP contribution in [0.1, 0.15) is 33.6 Å². The first-order chi connectivity index (χ1) is 8.44. The Bertz CT molecular complexity index is 368. The summed E-state index contributed by atoms with van der Waals surface area (Å²) in [6.07, 6.45) is 1.37. The number of nitrogens with two attached hydrogens (primary N) is 1. The molecule has 0 aliphatic carbocycles. The lowest BCUT2D eigenvalue weighted by molar-refractivity contribution is -0.120. The smallest absolute Gasteiger partial charge is 0.227 e. The van der Waals surface area contributed by atoms with Crippen LogP contribution in [0.15, 0.2) is 30.3 Å². The topological polar surface area (TPSA) is 46.3 Å². The Labute approximate surface area is 110 Å². The number of rotatable bonds is 5. The van der Waals surface area contributed by atoms with Crippen LogP contribution in [0, 0.1) is 5.41 Å². The molecule has 0 saturated carbocycles. The van der Waals surface area contributed by atoms with E-state index < -0.39 is 0 Å². The fourth-order valence-electron chi connectivity index (χ4n) is 1.80. The minimum atomic E-state index is 0.00677. The van der Waals surface area contributed by atoms with Gasteiger partial charge in [-0.05, 0) is 30.5 Å². The lowest BCUT2D eigenvalue weighted by Gasteiger charge is -2.26. The summed E-state index contributed by atoms with van der Waals surface area (Å²) in [6.45, 7) is 7.53. The molecule has 3 nitrogen and oxygen atoms in total. The third kappa shape index (κ3) is 4.88. The van der Waals surface area contributed by atoms with Crippen molar-refractivity contribution < 1.29 is 4.79 Å². The minimum absolute atomic E-state index is 0.00677. The summed E-state index contributed by atoms with van der Waals surface area (Å²) < 4.78 is 0. The van der Waals surface area contributed by atoms with E-state index in [9.17, 15) is 4.79 Å². The van der Waals surface area contributed by atoms with E-state index in [0.717, 1.165) is 12.1 Å². The van der Waals surface area contributed by atoms with E-state index in [2.05, 4.69) is 20.8 Å². The van der Waals surface area contributed by atoms with Crippen LogP contribution in [0.4, 0.5) is 5.69 Å². The monoisotopic (exact) mass is 248 g/mol. The van der Waals surface area contributed by atoms with Crippen LogP contribution in [-0.4, -0.2) is 19.0 Å². The largest absolute Gasteiger partial charge is 0.330 e. The molecule has 0 aliphatic heterocycles. The molecule has 0 unspecified atom stereocenters. The van der Waals surface area contributed by atoms with Crippen molar-refractivity contribution in [2.24, 2.45) is 11.1 Å². The summed E-state index contributed by atoms with van der Waals surface area (Å²) >= 11 is 0. The van der Waals surface area contributed by atoms with Gasteiger partial charge >= 0.3 is 0 Å². The Kier molecular flexibility index (Phi) is 5.35. The van der Waals surface area contributed by atoms with E-state index in [1.54, 1.807) is 0 Å². The lowest BCUT2D eigenvalue weighted by atomic mass is 9.91. The Morgan fingerprint density at radius 3 is 2.33 bits per heavy atom. The third-order valence-electron chi connectivity index (χ3n) is 2.64. The van der Waals surface area contributed by atoms with Gasteiger partial charge < -0.3 is 10.6 Å². The quantitative estimate of drug-likeness (QED) is 0.871. The molecule has 1 aromatic carbocycles. The lowest BCUT2D eigenvalue weighted by Crippen LogP contribution is -2.35. The maximum Gasteiger partial charge on any atom is 0.227 e. The van der Waals surface area contributed by atoms with E-state index in [1.807, 2.05) is 35.2 Å². The van der Waals surface area contributed by atoms with Gasteiger partial charge in [-0.3, -0.25) is 4.79 Å². The molecule has 1 amide bonds. The molecule has 18 heavy (non-hydrogen) atoms. The number of benzene rings is 1. The van der Waals surface area contributed by atoms with Crippen molar-refractivity contribution in [2.45, 2.75) is 33.6 Å². The summed E-state index contributed by atoms with van der Waals surface area (Å²) in [7, 11) is 0. The highest BCUT2D eigenvalue weighted by Crippen LogP contribution is 2.23. The van der Waals surface area contributed by atoms with Gasteiger partial charge in [0.25, 0.3) is 0 Å². The first-order valence-corrected chi connectivity index (χ1v) is 6.49. The van der Waals surface area contributed by atoms with Gasteiger partial charge in [0.1, 0.15) is 0 Å². The fourth-order valence-corrected chi connectivity index (χ4v) is 1.80. The van der Waals surface area contributed by atoms with Crippen molar-refractivity contribution in [2.75, 3.05) is 18.0 Å². The Morgan fingerprint density at radius 1 is 1.22 bits per heavy atom. The van der Waals surface area contributed by atoms with Crippen molar-refractivity contribution in [3.05, 3.63) is 30.3 Å². The molecule has 0 saturated heterocycles. The zero-order chi connectivity index (χ0) is 13.6. The van der Waals surface area contributed by atoms with Crippen LogP contribution >= 0.6 is 0 Å². The number of hydrogen-bond donors (Lipinski definition) is 1. The Balaban J connectivity index is 2.82. The van der Waals surface area contributed by atoms with Crippen molar-refractivity contribution in [1.82, 2.24) is 0 Å². The molecule has 1 aromatic rings. The number of hydrogen-bond acceptors (Lipinski definition) is 2. The Morgan fingerprint density at radius 2 is 1.83 bits per heavy atom. The molecule has 0 atom stereocenters. The number of para-hydroxylation sites is 1. The number of carbonyl (C=O) groups excluding carboxylic acids is 1. The number of anilines is 1. The second kappa shape index (κ2) is 6.55. The fraction of sp³-hybridized carbons (Fsp3) is 0.533. The number of nitrogens with zero attached hydrogens (tertiary/aromatic N) is 1. The predicted octanol–water partition coefficient (Wildman–Crippen LogP) is 2.80. The van der Waals surface area contributed by atoms with Crippen molar-refractivity contribution in [3.8, 4) is 0 Å². The van der Waals surface area contributed by atoms with Gasteiger partial charge in [-0.1, -0.05) is 39.0 Å². The van der Waals surface area contributed by atoms with Crippen molar-refractivity contribution in [3.63, 3.8) is 0 Å². The van der Waals surface area contributed by atoms with Crippen molar-refractivity contribution in [1.29, 1.82) is 0 Å². The minimum Gasteiger partial charge on any atom is -0.330 e. The highest BCUT2D eigenvalue weighted by atomic mass is 16.2. The van der Waals surface area contributed by atoms with Crippen LogP contribution in [-0.2, 0) is 4.79 Å². The van der Waals surface area contributed by atoms with Gasteiger partial charge in [-0.25, -0.2) is 0 Å². The normalized spacial score (nSPS) is 11.3. The van der Waals surface area contributed by atoms with Crippen LogP contribution in [0.3, 0.4) is 0 Å². The molecule has 0 radical (unpaired) electrons. The zero-order valence-electron chi connectivity index (χ0n) is 11.6. The molecule has 0 heterocycles. The van der Waals surface area contributed by atoms with E-state index in [-0.39, 0.29) is 11.3 Å². The maximum absolute atomic E-state index is 12.4. The second-order valence-electron chi connectivity index (χ2n) is 5.76. The van der Waals surface area contributed by atoms with Crippen molar-refractivity contribution >= 4 is 11.6 Å². The third-order valence-corrected chi connectivity index (χ3v) is 2.64. The molecule has 0 aliphatic rings. The van der Waals surface area contributed by atoms with Crippen LogP contribution in [0.2, 0.25) is 0 Å². The summed E-state index contributed by atoms with van der Waals surface area (Å²) in [6, 6.07) is 9.80. The maximum atomic E-state index is 12.4. The predicted molar refractivity (Wildman–Crippen MR) is 76.5 cm³/mol. The molecule has 2 N–H and O–H groups in total. The van der Waals surface area contributed by atoms with Gasteiger partial charge in [0.15, 0.2) is 0 Å². The highest BCUT2D eigenvalue weighted by molar-refractivity contribution is 5.93. The molecule has 100 valence electrons. The first kappa shape index (κ1) is 14.7. The first-order valence-electron chi connectivity index (χ1n) is 6.49. The number of amides is 1. The molecule has 3 heteroatoms. The standard InChI is InChI=1S/C15H24N2O/c1-15(2,3)12-14(18)17(11-7-10-16)13-8-5-4-6-9-13/h4-6,8-9H,7,10-12,16H2,1-3H3. The van der Waals surface area contributed by atoms with E-state index in [4.69, 9.17) is 5.73 Å². The average molecular weight is 248 g/mol. The summed E-state index contributed by atoms with van der Waals surface area (Å²) in [5, 5.41) is 0. The zero-order valence-corrected chi connectivity index (χ0v) is 11.6. The van der Waals surface area contributed by atoms with Gasteiger partial charge in [-0.2, -0.15) is 0 Å². The van der Waals surface area contributed by atoms with Gasteiger partial charge in [0, 0.05) is 18.7 Å². The molecular weight excluding hydrogens is 224 g/mol. The molecular formula is C15H24N2O. The molecule has 0 spiro atoms. The SMILES string of the molecule is CC(C)(C)CC(=O)N(CCCN)c1ccccc1. The van der Waals surface area contributed by atoms with Crippen LogP contribution in [0.25, 0.3) is 0 Å². The summed E-state index contributed by atoms with van der Waals surface area (Å²) in [5.74, 6) is 0.169.